The quantitative estimate of drug-likeness (QED) is 0.899. The van der Waals surface area contributed by atoms with Gasteiger partial charge in [-0.25, -0.2) is 0 Å². The molecule has 1 saturated heterocycles. The molecule has 0 radical (unpaired) electrons. The first-order chi connectivity index (χ1) is 7.81. The Labute approximate surface area is 104 Å². The van der Waals surface area contributed by atoms with E-state index in [1.165, 1.54) is 36.5 Å². The predicted octanol–water partition coefficient (Wildman–Crippen LogP) is 3.02. The van der Waals surface area contributed by atoms with E-state index < -0.39 is 0 Å². The van der Waals surface area contributed by atoms with E-state index in [0.29, 0.717) is 10.8 Å². The first-order valence-electron chi connectivity index (χ1n) is 5.53. The molecule has 0 aliphatic carbocycles. The van der Waals surface area contributed by atoms with E-state index in [0.717, 1.165) is 17.2 Å². The molecule has 0 bridgehead atoms. The Morgan fingerprint density at radius 2 is 2.44 bits per heavy atom. The summed E-state index contributed by atoms with van der Waals surface area (Å²) in [6, 6.07) is 2.21. The van der Waals surface area contributed by atoms with Crippen molar-refractivity contribution in [1.29, 1.82) is 5.26 Å². The van der Waals surface area contributed by atoms with Gasteiger partial charge >= 0.3 is 0 Å². The van der Waals surface area contributed by atoms with Crippen molar-refractivity contribution in [3.05, 3.63) is 11.3 Å². The molecule has 1 N–H and O–H groups in total. The second-order valence-corrected chi connectivity index (χ2v) is 6.14. The lowest BCUT2D eigenvalue weighted by molar-refractivity contribution is 0.678. The molecule has 1 aliphatic rings. The van der Waals surface area contributed by atoms with Crippen LogP contribution in [0.1, 0.15) is 30.5 Å². The fraction of sp³-hybridized carbons (Fsp3) is 0.636. The number of hydrogen-bond donors (Lipinski definition) is 1. The zero-order valence-electron chi connectivity index (χ0n) is 9.32. The summed E-state index contributed by atoms with van der Waals surface area (Å²) in [5, 5.41) is 14.0. The molecular formula is C11H15N3S2. The Bertz CT molecular complexity index is 388. The van der Waals surface area contributed by atoms with Crippen molar-refractivity contribution in [3.63, 3.8) is 0 Å². The largest absolute Gasteiger partial charge is 0.373 e. The van der Waals surface area contributed by atoms with Crippen LogP contribution in [0, 0.1) is 18.3 Å². The third-order valence-electron chi connectivity index (χ3n) is 2.74. The van der Waals surface area contributed by atoms with Crippen molar-refractivity contribution in [2.24, 2.45) is 0 Å². The van der Waals surface area contributed by atoms with E-state index >= 15 is 0 Å². The SMILES string of the molecule is Cc1nsc(NCC2CCCCS2)c1C#N. The molecule has 1 aliphatic heterocycles. The van der Waals surface area contributed by atoms with Crippen LogP contribution in [-0.4, -0.2) is 21.9 Å². The van der Waals surface area contributed by atoms with Crippen molar-refractivity contribution < 1.29 is 0 Å². The van der Waals surface area contributed by atoms with Gasteiger partial charge in [-0.15, -0.1) is 0 Å². The lowest BCUT2D eigenvalue weighted by Gasteiger charge is -2.21. The number of anilines is 1. The maximum absolute atomic E-state index is 9.00. The summed E-state index contributed by atoms with van der Waals surface area (Å²) in [6.45, 7) is 2.84. The summed E-state index contributed by atoms with van der Waals surface area (Å²) < 4.78 is 4.20. The number of nitriles is 1. The number of hydrogen-bond acceptors (Lipinski definition) is 5. The highest BCUT2D eigenvalue weighted by atomic mass is 32.2. The van der Waals surface area contributed by atoms with Crippen molar-refractivity contribution in [1.82, 2.24) is 4.37 Å². The maximum Gasteiger partial charge on any atom is 0.127 e. The van der Waals surface area contributed by atoms with Crippen LogP contribution in [-0.2, 0) is 0 Å². The topological polar surface area (TPSA) is 48.7 Å². The molecule has 2 rings (SSSR count). The standard InChI is InChI=1S/C11H15N3S2/c1-8-10(6-12)11(16-14-8)13-7-9-4-2-3-5-15-9/h9,13H,2-5,7H2,1H3. The Morgan fingerprint density at radius 3 is 3.12 bits per heavy atom. The van der Waals surface area contributed by atoms with Crippen LogP contribution in [0.4, 0.5) is 5.00 Å². The first kappa shape index (κ1) is 11.7. The van der Waals surface area contributed by atoms with Crippen molar-refractivity contribution in [2.75, 3.05) is 17.6 Å². The number of nitrogens with zero attached hydrogens (tertiary/aromatic N) is 2. The number of aryl methyl sites for hydroxylation is 1. The van der Waals surface area contributed by atoms with Gasteiger partial charge in [-0.1, -0.05) is 6.42 Å². The highest BCUT2D eigenvalue weighted by molar-refractivity contribution is 7.99. The fourth-order valence-electron chi connectivity index (χ4n) is 1.80. The molecule has 2 heterocycles. The van der Waals surface area contributed by atoms with E-state index in [1.54, 1.807) is 0 Å². The minimum Gasteiger partial charge on any atom is -0.373 e. The minimum atomic E-state index is 0.697. The van der Waals surface area contributed by atoms with Gasteiger partial charge < -0.3 is 5.32 Å². The van der Waals surface area contributed by atoms with Crippen LogP contribution < -0.4 is 5.32 Å². The van der Waals surface area contributed by atoms with Crippen molar-refractivity contribution >= 4 is 28.3 Å². The van der Waals surface area contributed by atoms with Crippen molar-refractivity contribution in [3.8, 4) is 6.07 Å². The average Bonchev–Trinajstić information content (AvgIpc) is 2.68. The highest BCUT2D eigenvalue weighted by Gasteiger charge is 2.15. The molecule has 1 atom stereocenters. The molecule has 1 aromatic heterocycles. The van der Waals surface area contributed by atoms with E-state index in [1.807, 2.05) is 18.7 Å². The molecule has 3 nitrogen and oxygen atoms in total. The van der Waals surface area contributed by atoms with Crippen LogP contribution in [0.3, 0.4) is 0 Å². The summed E-state index contributed by atoms with van der Waals surface area (Å²) in [4.78, 5) is 0. The molecule has 0 spiro atoms. The van der Waals surface area contributed by atoms with Gasteiger partial charge in [0, 0.05) is 11.8 Å². The lowest BCUT2D eigenvalue weighted by Crippen LogP contribution is -2.19. The highest BCUT2D eigenvalue weighted by Crippen LogP contribution is 2.27. The van der Waals surface area contributed by atoms with Crippen LogP contribution in [0.5, 0.6) is 0 Å². The van der Waals surface area contributed by atoms with Gasteiger partial charge in [0.05, 0.1) is 5.69 Å². The van der Waals surface area contributed by atoms with Gasteiger partial charge in [0.25, 0.3) is 0 Å². The van der Waals surface area contributed by atoms with Crippen LogP contribution in [0.15, 0.2) is 0 Å². The molecule has 86 valence electrons. The van der Waals surface area contributed by atoms with Crippen molar-refractivity contribution in [2.45, 2.75) is 31.4 Å². The minimum absolute atomic E-state index is 0.697. The molecule has 1 aromatic rings. The molecule has 1 unspecified atom stereocenters. The normalized spacial score (nSPS) is 20.4. The molecule has 0 saturated carbocycles. The monoisotopic (exact) mass is 253 g/mol. The fourth-order valence-corrected chi connectivity index (χ4v) is 3.79. The first-order valence-corrected chi connectivity index (χ1v) is 7.35. The van der Waals surface area contributed by atoms with Crippen LogP contribution in [0.2, 0.25) is 0 Å². The average molecular weight is 253 g/mol. The molecular weight excluding hydrogens is 238 g/mol. The third kappa shape index (κ3) is 2.69. The van der Waals surface area contributed by atoms with Gasteiger partial charge in [0.15, 0.2) is 0 Å². The molecule has 0 amide bonds. The second kappa shape index (κ2) is 5.55. The van der Waals surface area contributed by atoms with E-state index in [9.17, 15) is 0 Å². The third-order valence-corrected chi connectivity index (χ3v) is 5.03. The molecule has 5 heteroatoms. The molecule has 1 fully saturated rings. The number of rotatable bonds is 3. The Morgan fingerprint density at radius 1 is 1.56 bits per heavy atom. The predicted molar refractivity (Wildman–Crippen MR) is 70.2 cm³/mol. The summed E-state index contributed by atoms with van der Waals surface area (Å²) in [5.74, 6) is 1.28. The summed E-state index contributed by atoms with van der Waals surface area (Å²) in [6.07, 6.45) is 3.98. The second-order valence-electron chi connectivity index (χ2n) is 3.95. The van der Waals surface area contributed by atoms with Gasteiger partial charge in [-0.3, -0.25) is 0 Å². The van der Waals surface area contributed by atoms with Crippen LogP contribution in [0.25, 0.3) is 0 Å². The lowest BCUT2D eigenvalue weighted by atomic mass is 10.2. The van der Waals surface area contributed by atoms with E-state index in [4.69, 9.17) is 5.26 Å². The van der Waals surface area contributed by atoms with E-state index in [-0.39, 0.29) is 0 Å². The maximum atomic E-state index is 9.00. The van der Waals surface area contributed by atoms with Crippen LogP contribution >= 0.6 is 23.3 Å². The molecule has 0 aromatic carbocycles. The summed E-state index contributed by atoms with van der Waals surface area (Å²) in [5.41, 5.74) is 1.55. The smallest absolute Gasteiger partial charge is 0.127 e. The van der Waals surface area contributed by atoms with Gasteiger partial charge in [-0.2, -0.15) is 21.4 Å². The zero-order valence-corrected chi connectivity index (χ0v) is 11.0. The summed E-state index contributed by atoms with van der Waals surface area (Å²) >= 11 is 3.44. The Kier molecular flexibility index (Phi) is 4.08. The molecule has 16 heavy (non-hydrogen) atoms. The number of aromatic nitrogens is 1. The van der Waals surface area contributed by atoms with E-state index in [2.05, 4.69) is 15.8 Å². The Balaban J connectivity index is 1.91. The number of nitrogens with one attached hydrogen (secondary N) is 1. The Hall–Kier alpha value is -0.730. The van der Waals surface area contributed by atoms with Gasteiger partial charge in [0.1, 0.15) is 16.6 Å². The summed E-state index contributed by atoms with van der Waals surface area (Å²) in [7, 11) is 0. The number of thioether (sulfide) groups is 1. The van der Waals surface area contributed by atoms with Gasteiger partial charge in [-0.05, 0) is 37.1 Å². The van der Waals surface area contributed by atoms with Gasteiger partial charge in [0.2, 0.25) is 0 Å². The zero-order chi connectivity index (χ0) is 11.4.